The lowest BCUT2D eigenvalue weighted by Gasteiger charge is -2.27. The Morgan fingerprint density at radius 1 is 1.19 bits per heavy atom. The number of carbonyl (C=O) groups excluding carboxylic acids is 1. The van der Waals surface area contributed by atoms with Gasteiger partial charge in [0.25, 0.3) is 5.91 Å². The number of hydrogen-bond acceptors (Lipinski definition) is 6. The van der Waals surface area contributed by atoms with Gasteiger partial charge in [0.2, 0.25) is 0 Å². The highest BCUT2D eigenvalue weighted by molar-refractivity contribution is 7.91. The number of ether oxygens (including phenoxy) is 1. The summed E-state index contributed by atoms with van der Waals surface area (Å²) in [5, 5.41) is 3.91. The number of nitrogens with zero attached hydrogens (tertiary/aromatic N) is 2. The minimum absolute atomic E-state index is 0.0285. The summed E-state index contributed by atoms with van der Waals surface area (Å²) in [6, 6.07) is 13.9. The highest BCUT2D eigenvalue weighted by Gasteiger charge is 2.36. The molecule has 1 saturated heterocycles. The first-order chi connectivity index (χ1) is 14.8. The molecule has 7 nitrogen and oxygen atoms in total. The van der Waals surface area contributed by atoms with Crippen molar-refractivity contribution in [2.45, 2.75) is 19.0 Å². The van der Waals surface area contributed by atoms with Crippen molar-refractivity contribution >= 4 is 15.7 Å². The van der Waals surface area contributed by atoms with Crippen LogP contribution in [0.4, 0.5) is 4.39 Å². The fourth-order valence-electron chi connectivity index (χ4n) is 3.59. The molecule has 162 valence electrons. The van der Waals surface area contributed by atoms with E-state index in [1.54, 1.807) is 43.5 Å². The molecule has 1 aromatic heterocycles. The van der Waals surface area contributed by atoms with Gasteiger partial charge in [-0.05, 0) is 48.4 Å². The van der Waals surface area contributed by atoms with E-state index in [1.807, 2.05) is 0 Å². The van der Waals surface area contributed by atoms with Gasteiger partial charge in [-0.2, -0.15) is 0 Å². The van der Waals surface area contributed by atoms with E-state index in [2.05, 4.69) is 5.16 Å². The van der Waals surface area contributed by atoms with Crippen LogP contribution in [0.15, 0.2) is 59.1 Å². The van der Waals surface area contributed by atoms with E-state index >= 15 is 0 Å². The van der Waals surface area contributed by atoms with Crippen LogP contribution < -0.4 is 4.74 Å². The van der Waals surface area contributed by atoms with Gasteiger partial charge in [0.15, 0.2) is 21.3 Å². The highest BCUT2D eigenvalue weighted by atomic mass is 32.2. The van der Waals surface area contributed by atoms with Gasteiger partial charge in [-0.1, -0.05) is 17.3 Å². The Balaban J connectivity index is 1.60. The minimum Gasteiger partial charge on any atom is -0.497 e. The van der Waals surface area contributed by atoms with Crippen LogP contribution in [0.5, 0.6) is 5.75 Å². The molecule has 0 spiro atoms. The number of methoxy groups -OCH3 is 1. The molecular weight excluding hydrogens is 423 g/mol. The molecule has 1 atom stereocenters. The van der Waals surface area contributed by atoms with E-state index in [4.69, 9.17) is 9.26 Å². The first-order valence-electron chi connectivity index (χ1n) is 9.71. The summed E-state index contributed by atoms with van der Waals surface area (Å²) in [6.07, 6.45) is 0.346. The molecule has 0 bridgehead atoms. The summed E-state index contributed by atoms with van der Waals surface area (Å²) in [7, 11) is -1.64. The maximum absolute atomic E-state index is 13.3. The van der Waals surface area contributed by atoms with Crippen LogP contribution in [0.3, 0.4) is 0 Å². The Bertz CT molecular complexity index is 1170. The number of hydrogen-bond donors (Lipinski definition) is 0. The van der Waals surface area contributed by atoms with E-state index in [0.717, 1.165) is 5.56 Å². The predicted molar refractivity (Wildman–Crippen MR) is 112 cm³/mol. The fraction of sp³-hybridized carbons (Fsp3) is 0.273. The molecule has 0 radical (unpaired) electrons. The van der Waals surface area contributed by atoms with Gasteiger partial charge in [-0.3, -0.25) is 4.79 Å². The molecule has 4 rings (SSSR count). The Kier molecular flexibility index (Phi) is 5.77. The number of sulfone groups is 1. The Morgan fingerprint density at radius 3 is 2.52 bits per heavy atom. The van der Waals surface area contributed by atoms with E-state index in [9.17, 15) is 17.6 Å². The zero-order valence-electron chi connectivity index (χ0n) is 16.8. The zero-order valence-corrected chi connectivity index (χ0v) is 17.6. The van der Waals surface area contributed by atoms with Crippen LogP contribution in [0.1, 0.15) is 22.5 Å². The summed E-state index contributed by atoms with van der Waals surface area (Å²) < 4.78 is 47.8. The van der Waals surface area contributed by atoms with E-state index in [0.29, 0.717) is 23.5 Å². The van der Waals surface area contributed by atoms with Gasteiger partial charge < -0.3 is 14.2 Å². The lowest BCUT2D eigenvalue weighted by molar-refractivity contribution is 0.0670. The molecule has 3 aromatic rings. The Labute approximate surface area is 179 Å². The highest BCUT2D eigenvalue weighted by Crippen LogP contribution is 2.26. The maximum Gasteiger partial charge on any atom is 0.276 e. The summed E-state index contributed by atoms with van der Waals surface area (Å²) in [4.78, 5) is 14.8. The second kappa shape index (κ2) is 8.50. The van der Waals surface area contributed by atoms with Crippen molar-refractivity contribution in [3.63, 3.8) is 0 Å². The SMILES string of the molecule is COc1ccc(-c2cc(C(=O)N(Cc3ccc(F)cc3)[C@H]3CCS(=O)(=O)C3)no2)cc1. The van der Waals surface area contributed by atoms with Crippen molar-refractivity contribution in [2.24, 2.45) is 0 Å². The smallest absolute Gasteiger partial charge is 0.276 e. The summed E-state index contributed by atoms with van der Waals surface area (Å²) in [6.45, 7) is 0.143. The Morgan fingerprint density at radius 2 is 1.90 bits per heavy atom. The molecule has 2 aromatic carbocycles. The molecule has 0 unspecified atom stereocenters. The van der Waals surface area contributed by atoms with E-state index < -0.39 is 21.8 Å². The molecular formula is C22H21FN2O5S. The van der Waals surface area contributed by atoms with Gasteiger partial charge in [0.1, 0.15) is 11.6 Å². The molecule has 1 amide bonds. The van der Waals surface area contributed by atoms with Gasteiger partial charge in [0, 0.05) is 24.2 Å². The molecule has 0 aliphatic carbocycles. The topological polar surface area (TPSA) is 89.7 Å². The summed E-state index contributed by atoms with van der Waals surface area (Å²) in [5.41, 5.74) is 1.50. The van der Waals surface area contributed by atoms with Crippen LogP contribution in [-0.4, -0.2) is 49.0 Å². The molecule has 0 N–H and O–H groups in total. The lowest BCUT2D eigenvalue weighted by atomic mass is 10.1. The van der Waals surface area contributed by atoms with Crippen molar-refractivity contribution in [3.05, 3.63) is 71.7 Å². The lowest BCUT2D eigenvalue weighted by Crippen LogP contribution is -2.40. The standard InChI is InChI=1S/C22H21FN2O5S/c1-29-19-8-4-16(5-9-19)21-12-20(24-30-21)22(26)25(18-10-11-31(27,28)14-18)13-15-2-6-17(23)7-3-15/h2-9,12,18H,10-11,13-14H2,1H3/t18-/m0/s1. The largest absolute Gasteiger partial charge is 0.497 e. The van der Waals surface area contributed by atoms with Crippen LogP contribution >= 0.6 is 0 Å². The Hall–Kier alpha value is -3.20. The zero-order chi connectivity index (χ0) is 22.0. The average molecular weight is 444 g/mol. The van der Waals surface area contributed by atoms with Crippen LogP contribution in [0, 0.1) is 5.82 Å². The number of aromatic nitrogens is 1. The van der Waals surface area contributed by atoms with Gasteiger partial charge in [-0.15, -0.1) is 0 Å². The molecule has 9 heteroatoms. The number of benzene rings is 2. The second-order valence-corrected chi connectivity index (χ2v) is 9.65. The van der Waals surface area contributed by atoms with Crippen molar-refractivity contribution < 1.29 is 26.9 Å². The third-order valence-electron chi connectivity index (χ3n) is 5.28. The first kappa shape index (κ1) is 21.0. The predicted octanol–water partition coefficient (Wildman–Crippen LogP) is 3.32. The van der Waals surface area contributed by atoms with Gasteiger partial charge >= 0.3 is 0 Å². The first-order valence-corrected chi connectivity index (χ1v) is 11.5. The van der Waals surface area contributed by atoms with Crippen molar-refractivity contribution in [1.82, 2.24) is 10.1 Å². The number of carbonyl (C=O) groups is 1. The normalized spacial score (nSPS) is 17.4. The number of halogens is 1. The van der Waals surface area contributed by atoms with E-state index in [1.165, 1.54) is 23.1 Å². The average Bonchev–Trinajstić information content (AvgIpc) is 3.39. The van der Waals surface area contributed by atoms with Gasteiger partial charge in [0.05, 0.1) is 18.6 Å². The van der Waals surface area contributed by atoms with Crippen molar-refractivity contribution in [2.75, 3.05) is 18.6 Å². The molecule has 31 heavy (non-hydrogen) atoms. The molecule has 1 aliphatic rings. The minimum atomic E-state index is -3.21. The number of rotatable bonds is 6. The van der Waals surface area contributed by atoms with Crippen LogP contribution in [0.2, 0.25) is 0 Å². The van der Waals surface area contributed by atoms with Gasteiger partial charge in [-0.25, -0.2) is 12.8 Å². The molecule has 0 saturated carbocycles. The summed E-state index contributed by atoms with van der Waals surface area (Å²) >= 11 is 0. The quantitative estimate of drug-likeness (QED) is 0.579. The van der Waals surface area contributed by atoms with Crippen molar-refractivity contribution in [1.29, 1.82) is 0 Å². The monoisotopic (exact) mass is 444 g/mol. The van der Waals surface area contributed by atoms with Crippen LogP contribution in [-0.2, 0) is 16.4 Å². The third-order valence-corrected chi connectivity index (χ3v) is 7.03. The number of amides is 1. The molecule has 2 heterocycles. The molecule has 1 fully saturated rings. The van der Waals surface area contributed by atoms with E-state index in [-0.39, 0.29) is 29.6 Å². The third kappa shape index (κ3) is 4.77. The fourth-order valence-corrected chi connectivity index (χ4v) is 5.32. The molecule has 1 aliphatic heterocycles. The summed E-state index contributed by atoms with van der Waals surface area (Å²) in [5.74, 6) is 0.198. The van der Waals surface area contributed by atoms with Crippen LogP contribution in [0.25, 0.3) is 11.3 Å². The maximum atomic E-state index is 13.3. The second-order valence-electron chi connectivity index (χ2n) is 7.42. The van der Waals surface area contributed by atoms with Crippen molar-refractivity contribution in [3.8, 4) is 17.1 Å².